The molecule has 0 saturated carbocycles. The highest BCUT2D eigenvalue weighted by Crippen LogP contribution is 1.97. The molecule has 0 N–H and O–H groups in total. The maximum Gasteiger partial charge on any atom is 0.346 e. The van der Waals surface area contributed by atoms with Crippen LogP contribution in [0.15, 0.2) is 27.6 Å². The molecular formula is C9H8O4. The number of hydrogen-bond acceptors (Lipinski definition) is 4. The molecular weight excluding hydrogens is 172 g/mol. The number of ketones is 2. The molecule has 0 bridgehead atoms. The van der Waals surface area contributed by atoms with Gasteiger partial charge in [-0.3, -0.25) is 9.59 Å². The van der Waals surface area contributed by atoms with Crippen LogP contribution >= 0.6 is 0 Å². The third-order valence-corrected chi connectivity index (χ3v) is 1.45. The Balaban J connectivity index is 2.96. The van der Waals surface area contributed by atoms with Gasteiger partial charge in [0, 0.05) is 0 Å². The summed E-state index contributed by atoms with van der Waals surface area (Å²) in [4.78, 5) is 32.7. The fourth-order valence-electron chi connectivity index (χ4n) is 0.896. The van der Waals surface area contributed by atoms with Gasteiger partial charge in [0.15, 0.2) is 5.78 Å². The lowest BCUT2D eigenvalue weighted by Gasteiger charge is -1.94. The molecule has 13 heavy (non-hydrogen) atoms. The van der Waals surface area contributed by atoms with Crippen LogP contribution in [0.5, 0.6) is 0 Å². The van der Waals surface area contributed by atoms with Crippen LogP contribution in [0.3, 0.4) is 0 Å². The van der Waals surface area contributed by atoms with Crippen LogP contribution in [-0.4, -0.2) is 11.6 Å². The minimum absolute atomic E-state index is 0.0716. The molecule has 68 valence electrons. The largest absolute Gasteiger partial charge is 0.431 e. The Morgan fingerprint density at radius 1 is 1.46 bits per heavy atom. The van der Waals surface area contributed by atoms with E-state index >= 15 is 0 Å². The molecule has 4 heteroatoms. The summed E-state index contributed by atoms with van der Waals surface area (Å²) in [5.41, 5.74) is -0.772. The van der Waals surface area contributed by atoms with Crippen LogP contribution in [0.2, 0.25) is 0 Å². The van der Waals surface area contributed by atoms with Crippen LogP contribution in [0.4, 0.5) is 0 Å². The van der Waals surface area contributed by atoms with Gasteiger partial charge in [-0.1, -0.05) is 0 Å². The minimum atomic E-state index is -0.700. The molecule has 1 rings (SSSR count). The summed E-state index contributed by atoms with van der Waals surface area (Å²) >= 11 is 0. The van der Waals surface area contributed by atoms with Gasteiger partial charge in [-0.05, 0) is 19.1 Å². The molecule has 1 heterocycles. The van der Waals surface area contributed by atoms with Crippen LogP contribution in [0, 0.1) is 0 Å². The fraction of sp³-hybridized carbons (Fsp3) is 0.222. The van der Waals surface area contributed by atoms with Gasteiger partial charge in [-0.15, -0.1) is 0 Å². The van der Waals surface area contributed by atoms with Gasteiger partial charge in [0.25, 0.3) is 0 Å². The van der Waals surface area contributed by atoms with E-state index in [-0.39, 0.29) is 17.8 Å². The normalized spacial score (nSPS) is 9.62. The SMILES string of the molecule is CC(=O)CC(=O)c1cccoc1=O. The van der Waals surface area contributed by atoms with Crippen LogP contribution in [0.25, 0.3) is 0 Å². The molecule has 4 nitrogen and oxygen atoms in total. The Morgan fingerprint density at radius 2 is 2.15 bits per heavy atom. The van der Waals surface area contributed by atoms with Gasteiger partial charge in [0.1, 0.15) is 11.3 Å². The molecule has 0 unspecified atom stereocenters. The van der Waals surface area contributed by atoms with E-state index in [0.29, 0.717) is 0 Å². The van der Waals surface area contributed by atoms with Crippen molar-refractivity contribution < 1.29 is 14.0 Å². The molecule has 0 aliphatic heterocycles. The van der Waals surface area contributed by atoms with Crippen molar-refractivity contribution in [3.8, 4) is 0 Å². The average Bonchev–Trinajstić information content (AvgIpc) is 2.03. The van der Waals surface area contributed by atoms with E-state index in [9.17, 15) is 14.4 Å². The number of rotatable bonds is 3. The lowest BCUT2D eigenvalue weighted by atomic mass is 10.1. The van der Waals surface area contributed by atoms with E-state index in [0.717, 1.165) is 0 Å². The van der Waals surface area contributed by atoms with Crippen LogP contribution < -0.4 is 5.63 Å². The van der Waals surface area contributed by atoms with Crippen molar-refractivity contribution in [2.24, 2.45) is 0 Å². The Bertz CT molecular complexity index is 389. The van der Waals surface area contributed by atoms with Crippen molar-refractivity contribution >= 4 is 11.6 Å². The van der Waals surface area contributed by atoms with Gasteiger partial charge in [0.05, 0.1) is 12.7 Å². The second-order valence-corrected chi connectivity index (χ2v) is 2.62. The molecule has 0 radical (unpaired) electrons. The third-order valence-electron chi connectivity index (χ3n) is 1.45. The molecule has 0 aliphatic rings. The fourth-order valence-corrected chi connectivity index (χ4v) is 0.896. The predicted octanol–water partition coefficient (Wildman–Crippen LogP) is 0.802. The van der Waals surface area contributed by atoms with Crippen LogP contribution in [0.1, 0.15) is 23.7 Å². The van der Waals surface area contributed by atoms with Gasteiger partial charge >= 0.3 is 5.63 Å². The maximum atomic E-state index is 11.2. The maximum absolute atomic E-state index is 11.2. The van der Waals surface area contributed by atoms with Crippen molar-refractivity contribution in [1.82, 2.24) is 0 Å². The molecule has 0 saturated heterocycles. The lowest BCUT2D eigenvalue weighted by molar-refractivity contribution is -0.116. The minimum Gasteiger partial charge on any atom is -0.431 e. The highest BCUT2D eigenvalue weighted by Gasteiger charge is 2.12. The topological polar surface area (TPSA) is 64.3 Å². The summed E-state index contributed by atoms with van der Waals surface area (Å²) in [6.07, 6.45) is 0.932. The zero-order valence-electron chi connectivity index (χ0n) is 7.07. The summed E-state index contributed by atoms with van der Waals surface area (Å²) in [6, 6.07) is 2.78. The molecule has 0 spiro atoms. The van der Waals surface area contributed by atoms with Gasteiger partial charge in [-0.25, -0.2) is 4.79 Å². The molecule has 1 aromatic rings. The second-order valence-electron chi connectivity index (χ2n) is 2.62. The van der Waals surface area contributed by atoms with Crippen molar-refractivity contribution in [2.75, 3.05) is 0 Å². The number of carbonyl (C=O) groups excluding carboxylic acids is 2. The third kappa shape index (κ3) is 2.37. The Hall–Kier alpha value is -1.71. The van der Waals surface area contributed by atoms with Gasteiger partial charge < -0.3 is 4.42 Å². The molecule has 0 atom stereocenters. The van der Waals surface area contributed by atoms with Crippen molar-refractivity contribution in [1.29, 1.82) is 0 Å². The first kappa shape index (κ1) is 9.38. The second kappa shape index (κ2) is 3.80. The van der Waals surface area contributed by atoms with Crippen LogP contribution in [-0.2, 0) is 4.79 Å². The molecule has 0 aromatic carbocycles. The number of carbonyl (C=O) groups is 2. The zero-order valence-corrected chi connectivity index (χ0v) is 7.07. The summed E-state index contributed by atoms with van der Waals surface area (Å²) in [5, 5.41) is 0. The monoisotopic (exact) mass is 180 g/mol. The van der Waals surface area contributed by atoms with Crippen molar-refractivity contribution in [3.63, 3.8) is 0 Å². The van der Waals surface area contributed by atoms with E-state index in [1.165, 1.54) is 25.3 Å². The van der Waals surface area contributed by atoms with Gasteiger partial charge in [0.2, 0.25) is 0 Å². The smallest absolute Gasteiger partial charge is 0.346 e. The first-order chi connectivity index (χ1) is 6.11. The molecule has 0 amide bonds. The quantitative estimate of drug-likeness (QED) is 0.509. The highest BCUT2D eigenvalue weighted by molar-refractivity contribution is 6.06. The Labute approximate surface area is 74.2 Å². The van der Waals surface area contributed by atoms with Gasteiger partial charge in [-0.2, -0.15) is 0 Å². The molecule has 0 fully saturated rings. The molecule has 0 aliphatic carbocycles. The predicted molar refractivity (Wildman–Crippen MR) is 44.6 cm³/mol. The van der Waals surface area contributed by atoms with E-state index in [2.05, 4.69) is 4.42 Å². The van der Waals surface area contributed by atoms with E-state index < -0.39 is 11.4 Å². The molecule has 1 aromatic heterocycles. The van der Waals surface area contributed by atoms with E-state index in [1.807, 2.05) is 0 Å². The first-order valence-electron chi connectivity index (χ1n) is 3.71. The van der Waals surface area contributed by atoms with Crippen molar-refractivity contribution in [2.45, 2.75) is 13.3 Å². The summed E-state index contributed by atoms with van der Waals surface area (Å²) in [6.45, 7) is 1.29. The zero-order chi connectivity index (χ0) is 9.84. The number of Topliss-reactive ketones (excluding diaryl/α,β-unsaturated/α-hetero) is 2. The van der Waals surface area contributed by atoms with Crippen molar-refractivity contribution in [3.05, 3.63) is 34.4 Å². The first-order valence-corrected chi connectivity index (χ1v) is 3.71. The Morgan fingerprint density at radius 3 is 2.69 bits per heavy atom. The highest BCUT2D eigenvalue weighted by atomic mass is 16.4. The van der Waals surface area contributed by atoms with E-state index in [1.54, 1.807) is 0 Å². The standard InChI is InChI=1S/C9H8O4/c1-6(10)5-8(11)7-3-2-4-13-9(7)12/h2-4H,5H2,1H3. The summed E-state index contributed by atoms with van der Waals surface area (Å²) in [7, 11) is 0. The Kier molecular flexibility index (Phi) is 2.74. The lowest BCUT2D eigenvalue weighted by Crippen LogP contribution is -2.15. The van der Waals surface area contributed by atoms with E-state index in [4.69, 9.17) is 0 Å². The summed E-state index contributed by atoms with van der Waals surface area (Å²) in [5.74, 6) is -0.768. The number of hydrogen-bond donors (Lipinski definition) is 0. The summed E-state index contributed by atoms with van der Waals surface area (Å²) < 4.78 is 4.47. The average molecular weight is 180 g/mol.